The molecule has 0 atom stereocenters. The normalized spacial score (nSPS) is 15.0. The molecule has 7 heteroatoms. The molecule has 1 fully saturated rings. The fraction of sp³-hybridized carbons (Fsp3) is 0.500. The number of aromatic nitrogens is 2. The summed E-state index contributed by atoms with van der Waals surface area (Å²) in [6.45, 7) is 1.60. The van der Waals surface area contributed by atoms with Crippen molar-refractivity contribution in [2.45, 2.75) is 12.8 Å². The maximum absolute atomic E-state index is 11.9. The smallest absolute Gasteiger partial charge is 0.323 e. The van der Waals surface area contributed by atoms with E-state index in [0.29, 0.717) is 11.4 Å². The Hall–Kier alpha value is -1.63. The van der Waals surface area contributed by atoms with E-state index in [1.54, 1.807) is 22.8 Å². The first-order valence-corrected chi connectivity index (χ1v) is 5.88. The van der Waals surface area contributed by atoms with Gasteiger partial charge in [0.25, 0.3) is 0 Å². The van der Waals surface area contributed by atoms with Crippen LogP contribution in [-0.2, 0) is 7.05 Å². The molecule has 0 unspecified atom stereocenters. The van der Waals surface area contributed by atoms with Gasteiger partial charge in [-0.1, -0.05) is 12.2 Å². The highest BCUT2D eigenvalue weighted by molar-refractivity contribution is 7.80. The fourth-order valence-corrected chi connectivity index (χ4v) is 2.02. The number of nitrogens with zero attached hydrogens (tertiary/aromatic N) is 3. The van der Waals surface area contributed by atoms with Crippen LogP contribution in [0.15, 0.2) is 6.20 Å². The number of aryl methyl sites for hydroxylation is 1. The van der Waals surface area contributed by atoms with Crippen LogP contribution in [0.3, 0.4) is 0 Å². The number of hydrogen-bond donors (Lipinski definition) is 2. The number of rotatable bonds is 2. The van der Waals surface area contributed by atoms with E-state index in [0.717, 1.165) is 25.9 Å². The highest BCUT2D eigenvalue weighted by Crippen LogP contribution is 2.16. The Morgan fingerprint density at radius 3 is 2.76 bits per heavy atom. The molecule has 6 nitrogen and oxygen atoms in total. The molecule has 92 valence electrons. The van der Waals surface area contributed by atoms with Crippen molar-refractivity contribution < 1.29 is 4.79 Å². The van der Waals surface area contributed by atoms with Crippen molar-refractivity contribution in [1.82, 2.24) is 14.7 Å². The SMILES string of the molecule is Cn1ncc(C(N)=S)c1NC(=O)N1CCCC1. The minimum absolute atomic E-state index is 0.122. The Morgan fingerprint density at radius 2 is 2.18 bits per heavy atom. The number of nitrogens with one attached hydrogen (secondary N) is 1. The third-order valence-corrected chi connectivity index (χ3v) is 3.04. The zero-order valence-electron chi connectivity index (χ0n) is 9.64. The van der Waals surface area contributed by atoms with Gasteiger partial charge in [0.2, 0.25) is 0 Å². The van der Waals surface area contributed by atoms with Gasteiger partial charge in [-0.2, -0.15) is 5.10 Å². The van der Waals surface area contributed by atoms with Gasteiger partial charge in [0.05, 0.1) is 11.8 Å². The van der Waals surface area contributed by atoms with Crippen molar-refractivity contribution >= 4 is 29.1 Å². The Labute approximate surface area is 105 Å². The van der Waals surface area contributed by atoms with Crippen molar-refractivity contribution in [3.05, 3.63) is 11.8 Å². The van der Waals surface area contributed by atoms with E-state index in [9.17, 15) is 4.79 Å². The number of anilines is 1. The number of thiocarbonyl (C=S) groups is 1. The largest absolute Gasteiger partial charge is 0.389 e. The molecule has 1 saturated heterocycles. The van der Waals surface area contributed by atoms with Crippen LogP contribution in [-0.4, -0.2) is 38.8 Å². The van der Waals surface area contributed by atoms with Crippen molar-refractivity contribution in [3.63, 3.8) is 0 Å². The van der Waals surface area contributed by atoms with Gasteiger partial charge in [0.15, 0.2) is 0 Å². The van der Waals surface area contributed by atoms with Crippen LogP contribution >= 0.6 is 12.2 Å². The standard InChI is InChI=1S/C10H15N5OS/c1-14-9(7(6-12-14)8(11)17)13-10(16)15-4-2-3-5-15/h6H,2-5H2,1H3,(H2,11,17)(H,13,16). The fourth-order valence-electron chi connectivity index (χ4n) is 1.87. The van der Waals surface area contributed by atoms with Crippen LogP contribution < -0.4 is 11.1 Å². The number of urea groups is 1. The van der Waals surface area contributed by atoms with Gasteiger partial charge in [-0.25, -0.2) is 4.79 Å². The van der Waals surface area contributed by atoms with E-state index in [4.69, 9.17) is 18.0 Å². The third kappa shape index (κ3) is 2.38. The summed E-state index contributed by atoms with van der Waals surface area (Å²) in [6, 6.07) is -0.122. The maximum atomic E-state index is 11.9. The van der Waals surface area contributed by atoms with E-state index in [1.807, 2.05) is 0 Å². The van der Waals surface area contributed by atoms with Crippen molar-refractivity contribution in [2.75, 3.05) is 18.4 Å². The zero-order chi connectivity index (χ0) is 12.4. The molecule has 1 aliphatic rings. The molecule has 0 radical (unpaired) electrons. The molecule has 2 amide bonds. The lowest BCUT2D eigenvalue weighted by Gasteiger charge is -2.16. The first kappa shape index (κ1) is 11.8. The Morgan fingerprint density at radius 1 is 1.53 bits per heavy atom. The summed E-state index contributed by atoms with van der Waals surface area (Å²) >= 11 is 4.91. The Bertz CT molecular complexity index is 450. The van der Waals surface area contributed by atoms with Crippen LogP contribution in [0.5, 0.6) is 0 Å². The second kappa shape index (κ2) is 4.70. The summed E-state index contributed by atoms with van der Waals surface area (Å²) in [5.74, 6) is 0.550. The third-order valence-electron chi connectivity index (χ3n) is 2.82. The number of carbonyl (C=O) groups excluding carboxylic acids is 1. The van der Waals surface area contributed by atoms with Gasteiger partial charge < -0.3 is 10.6 Å². The number of amides is 2. The molecular weight excluding hydrogens is 238 g/mol. The van der Waals surface area contributed by atoms with E-state index in [1.165, 1.54) is 0 Å². The van der Waals surface area contributed by atoms with E-state index in [2.05, 4.69) is 10.4 Å². The predicted octanol–water partition coefficient (Wildman–Crippen LogP) is 0.682. The molecule has 0 saturated carbocycles. The lowest BCUT2D eigenvalue weighted by molar-refractivity contribution is 0.222. The molecule has 1 aliphatic heterocycles. The second-order valence-electron chi connectivity index (χ2n) is 4.02. The van der Waals surface area contributed by atoms with E-state index < -0.39 is 0 Å². The molecule has 0 aromatic carbocycles. The predicted molar refractivity (Wildman–Crippen MR) is 68.9 cm³/mol. The molecule has 0 aliphatic carbocycles. The van der Waals surface area contributed by atoms with Gasteiger partial charge in [0.1, 0.15) is 10.8 Å². The van der Waals surface area contributed by atoms with Crippen molar-refractivity contribution in [3.8, 4) is 0 Å². The minimum atomic E-state index is -0.122. The van der Waals surface area contributed by atoms with Gasteiger partial charge >= 0.3 is 6.03 Å². The molecule has 0 spiro atoms. The molecule has 2 rings (SSSR count). The molecule has 2 heterocycles. The lowest BCUT2D eigenvalue weighted by Crippen LogP contribution is -2.33. The van der Waals surface area contributed by atoms with Crippen molar-refractivity contribution in [1.29, 1.82) is 0 Å². The van der Waals surface area contributed by atoms with Gasteiger partial charge in [0, 0.05) is 20.1 Å². The summed E-state index contributed by atoms with van der Waals surface area (Å²) in [6.07, 6.45) is 3.67. The number of hydrogen-bond acceptors (Lipinski definition) is 3. The molecule has 0 bridgehead atoms. The summed E-state index contributed by atoms with van der Waals surface area (Å²) in [5.41, 5.74) is 6.16. The molecule has 3 N–H and O–H groups in total. The molecule has 17 heavy (non-hydrogen) atoms. The summed E-state index contributed by atoms with van der Waals surface area (Å²) < 4.78 is 1.56. The quantitative estimate of drug-likeness (QED) is 0.760. The monoisotopic (exact) mass is 253 g/mol. The molecular formula is C10H15N5OS. The van der Waals surface area contributed by atoms with Crippen LogP contribution in [0.25, 0.3) is 0 Å². The van der Waals surface area contributed by atoms with Crippen LogP contribution in [0, 0.1) is 0 Å². The number of likely N-dealkylation sites (tertiary alicyclic amines) is 1. The van der Waals surface area contributed by atoms with Crippen LogP contribution in [0.2, 0.25) is 0 Å². The number of nitrogens with two attached hydrogens (primary N) is 1. The first-order chi connectivity index (χ1) is 8.09. The average molecular weight is 253 g/mol. The van der Waals surface area contributed by atoms with Gasteiger partial charge in [-0.3, -0.25) is 10.00 Å². The highest BCUT2D eigenvalue weighted by Gasteiger charge is 2.20. The Balaban J connectivity index is 2.14. The van der Waals surface area contributed by atoms with Crippen LogP contribution in [0.1, 0.15) is 18.4 Å². The molecule has 1 aromatic rings. The summed E-state index contributed by atoms with van der Waals surface area (Å²) in [4.78, 5) is 13.9. The summed E-state index contributed by atoms with van der Waals surface area (Å²) in [5, 5.41) is 6.84. The lowest BCUT2D eigenvalue weighted by atomic mass is 10.3. The van der Waals surface area contributed by atoms with Gasteiger partial charge in [-0.05, 0) is 12.8 Å². The van der Waals surface area contributed by atoms with E-state index in [-0.39, 0.29) is 11.0 Å². The topological polar surface area (TPSA) is 76.2 Å². The highest BCUT2D eigenvalue weighted by atomic mass is 32.1. The van der Waals surface area contributed by atoms with E-state index >= 15 is 0 Å². The zero-order valence-corrected chi connectivity index (χ0v) is 10.5. The Kier molecular flexibility index (Phi) is 3.28. The second-order valence-corrected chi connectivity index (χ2v) is 4.46. The van der Waals surface area contributed by atoms with Crippen molar-refractivity contribution in [2.24, 2.45) is 12.8 Å². The summed E-state index contributed by atoms with van der Waals surface area (Å²) in [7, 11) is 1.74. The first-order valence-electron chi connectivity index (χ1n) is 5.47. The average Bonchev–Trinajstić information content (AvgIpc) is 2.89. The van der Waals surface area contributed by atoms with Crippen LogP contribution in [0.4, 0.5) is 10.6 Å². The van der Waals surface area contributed by atoms with Gasteiger partial charge in [-0.15, -0.1) is 0 Å². The number of carbonyl (C=O) groups is 1. The maximum Gasteiger partial charge on any atom is 0.323 e. The molecule has 1 aromatic heterocycles. The minimum Gasteiger partial charge on any atom is -0.389 e.